The molecular formula is C10H12N2O4. The van der Waals surface area contributed by atoms with E-state index in [1.807, 2.05) is 0 Å². The number of hydrogen-bond donors (Lipinski definition) is 1. The number of urea groups is 1. The average molecular weight is 224 g/mol. The van der Waals surface area contributed by atoms with Gasteiger partial charge in [-0.15, -0.1) is 6.58 Å². The average Bonchev–Trinajstić information content (AvgIpc) is 2.47. The van der Waals surface area contributed by atoms with Crippen molar-refractivity contribution in [3.8, 4) is 0 Å². The van der Waals surface area contributed by atoms with Crippen LogP contribution in [0.4, 0.5) is 4.79 Å². The van der Waals surface area contributed by atoms with Crippen molar-refractivity contribution in [2.24, 2.45) is 0 Å². The van der Waals surface area contributed by atoms with E-state index in [9.17, 15) is 14.4 Å². The largest absolute Gasteiger partial charge is 0.463 e. The van der Waals surface area contributed by atoms with Crippen molar-refractivity contribution in [1.29, 1.82) is 0 Å². The van der Waals surface area contributed by atoms with E-state index in [2.05, 4.69) is 16.6 Å². The maximum absolute atomic E-state index is 11.6. The molecular weight excluding hydrogens is 212 g/mol. The fraction of sp³-hybridized carbons (Fsp3) is 0.300. The number of ether oxygens (including phenoxy) is 1. The summed E-state index contributed by atoms with van der Waals surface area (Å²) in [6.07, 6.45) is 2.39. The molecule has 1 rings (SSSR count). The zero-order valence-electron chi connectivity index (χ0n) is 8.86. The summed E-state index contributed by atoms with van der Waals surface area (Å²) < 4.78 is 4.63. The number of nitrogens with zero attached hydrogens (tertiary/aromatic N) is 1. The van der Waals surface area contributed by atoms with Gasteiger partial charge in [0, 0.05) is 6.54 Å². The van der Waals surface area contributed by atoms with E-state index in [0.717, 1.165) is 11.0 Å². The lowest BCUT2D eigenvalue weighted by Gasteiger charge is -2.06. The minimum atomic E-state index is -0.661. The van der Waals surface area contributed by atoms with Gasteiger partial charge in [0.05, 0.1) is 12.7 Å². The quantitative estimate of drug-likeness (QED) is 0.319. The first-order valence-electron chi connectivity index (χ1n) is 4.72. The number of hydrogen-bond acceptors (Lipinski definition) is 4. The van der Waals surface area contributed by atoms with Gasteiger partial charge in [-0.2, -0.15) is 0 Å². The van der Waals surface area contributed by atoms with E-state index >= 15 is 0 Å². The van der Waals surface area contributed by atoms with Crippen LogP contribution in [0.3, 0.4) is 0 Å². The molecule has 3 amide bonds. The van der Waals surface area contributed by atoms with Crippen LogP contribution in [-0.4, -0.2) is 36.0 Å². The van der Waals surface area contributed by atoms with Gasteiger partial charge in [-0.05, 0) is 6.92 Å². The molecule has 0 atom stereocenters. The third-order valence-corrected chi connectivity index (χ3v) is 1.82. The third-order valence-electron chi connectivity index (χ3n) is 1.82. The van der Waals surface area contributed by atoms with Crippen LogP contribution in [0.2, 0.25) is 0 Å². The van der Waals surface area contributed by atoms with Crippen molar-refractivity contribution < 1.29 is 19.1 Å². The van der Waals surface area contributed by atoms with Crippen LogP contribution in [0, 0.1) is 0 Å². The zero-order valence-corrected chi connectivity index (χ0v) is 8.86. The molecule has 1 aliphatic rings. The van der Waals surface area contributed by atoms with E-state index in [1.54, 1.807) is 6.92 Å². The molecule has 0 saturated carbocycles. The molecule has 6 heteroatoms. The summed E-state index contributed by atoms with van der Waals surface area (Å²) in [6, 6.07) is -0.569. The van der Waals surface area contributed by atoms with E-state index in [0.29, 0.717) is 0 Å². The molecule has 0 spiro atoms. The number of carbonyl (C=O) groups is 3. The molecule has 0 aromatic carbocycles. The monoisotopic (exact) mass is 224 g/mol. The summed E-state index contributed by atoms with van der Waals surface area (Å²) in [4.78, 5) is 34.9. The third kappa shape index (κ3) is 2.47. The summed E-state index contributed by atoms with van der Waals surface area (Å²) >= 11 is 0. The van der Waals surface area contributed by atoms with Gasteiger partial charge in [0.2, 0.25) is 0 Å². The molecule has 1 aliphatic heterocycles. The summed E-state index contributed by atoms with van der Waals surface area (Å²) in [5.74, 6) is -1.22. The van der Waals surface area contributed by atoms with Crippen LogP contribution in [-0.2, 0) is 14.3 Å². The molecule has 0 radical (unpaired) electrons. The van der Waals surface area contributed by atoms with Crippen molar-refractivity contribution in [1.82, 2.24) is 10.2 Å². The Kier molecular flexibility index (Phi) is 3.82. The van der Waals surface area contributed by atoms with Gasteiger partial charge in [-0.25, -0.2) is 9.59 Å². The van der Waals surface area contributed by atoms with Crippen LogP contribution < -0.4 is 5.32 Å². The van der Waals surface area contributed by atoms with E-state index in [-0.39, 0.29) is 18.8 Å². The van der Waals surface area contributed by atoms with Crippen LogP contribution >= 0.6 is 0 Å². The van der Waals surface area contributed by atoms with Gasteiger partial charge in [-0.3, -0.25) is 9.69 Å². The molecule has 1 heterocycles. The SMILES string of the molecule is C=CCN1C(=O)NC(=CC(=O)OCC)C1=O. The normalized spacial score (nSPS) is 17.6. The molecule has 0 aliphatic carbocycles. The van der Waals surface area contributed by atoms with Crippen molar-refractivity contribution in [3.05, 3.63) is 24.4 Å². The first-order chi connectivity index (χ1) is 7.60. The second-order valence-corrected chi connectivity index (χ2v) is 2.94. The minimum absolute atomic E-state index is 0.0784. The predicted molar refractivity (Wildman–Crippen MR) is 55.2 cm³/mol. The van der Waals surface area contributed by atoms with E-state index < -0.39 is 17.9 Å². The summed E-state index contributed by atoms with van der Waals surface area (Å²) in [7, 11) is 0. The maximum Gasteiger partial charge on any atom is 0.333 e. The van der Waals surface area contributed by atoms with E-state index in [1.165, 1.54) is 6.08 Å². The summed E-state index contributed by atoms with van der Waals surface area (Å²) in [5.41, 5.74) is -0.0784. The topological polar surface area (TPSA) is 75.7 Å². The zero-order chi connectivity index (χ0) is 12.1. The predicted octanol–water partition coefficient (Wildman–Crippen LogP) is 0.171. The molecule has 0 unspecified atom stereocenters. The van der Waals surface area contributed by atoms with E-state index in [4.69, 9.17) is 0 Å². The van der Waals surface area contributed by atoms with Crippen molar-refractivity contribution in [2.45, 2.75) is 6.92 Å². The highest BCUT2D eigenvalue weighted by Gasteiger charge is 2.33. The highest BCUT2D eigenvalue weighted by Crippen LogP contribution is 2.09. The molecule has 1 N–H and O–H groups in total. The lowest BCUT2D eigenvalue weighted by atomic mass is 10.4. The highest BCUT2D eigenvalue weighted by atomic mass is 16.5. The van der Waals surface area contributed by atoms with Gasteiger partial charge < -0.3 is 10.1 Å². The summed E-state index contributed by atoms with van der Waals surface area (Å²) in [6.45, 7) is 5.38. The Balaban J connectivity index is 2.79. The molecule has 1 saturated heterocycles. The van der Waals surface area contributed by atoms with Gasteiger partial charge in [0.25, 0.3) is 5.91 Å². The Morgan fingerprint density at radius 1 is 1.56 bits per heavy atom. The molecule has 6 nitrogen and oxygen atoms in total. The van der Waals surface area contributed by atoms with Crippen molar-refractivity contribution in [3.63, 3.8) is 0 Å². The number of esters is 1. The lowest BCUT2D eigenvalue weighted by molar-refractivity contribution is -0.137. The number of rotatable bonds is 4. The van der Waals surface area contributed by atoms with Gasteiger partial charge >= 0.3 is 12.0 Å². The number of imide groups is 1. The molecule has 1 fully saturated rings. The van der Waals surface area contributed by atoms with Crippen molar-refractivity contribution >= 4 is 17.9 Å². The van der Waals surface area contributed by atoms with Crippen molar-refractivity contribution in [2.75, 3.05) is 13.2 Å². The second kappa shape index (κ2) is 5.11. The van der Waals surface area contributed by atoms with Crippen LogP contribution in [0.1, 0.15) is 6.92 Å². The first-order valence-corrected chi connectivity index (χ1v) is 4.72. The fourth-order valence-electron chi connectivity index (χ4n) is 1.17. The Labute approximate surface area is 92.5 Å². The standard InChI is InChI=1S/C10H12N2O4/c1-3-5-12-9(14)7(11-10(12)15)6-8(13)16-4-2/h3,6H,1,4-5H2,2H3,(H,11,15). The second-order valence-electron chi connectivity index (χ2n) is 2.94. The number of amides is 3. The molecule has 86 valence electrons. The van der Waals surface area contributed by atoms with Gasteiger partial charge in [0.15, 0.2) is 0 Å². The Morgan fingerprint density at radius 3 is 2.81 bits per heavy atom. The number of nitrogens with one attached hydrogen (secondary N) is 1. The van der Waals surface area contributed by atoms with Crippen LogP contribution in [0.25, 0.3) is 0 Å². The smallest absolute Gasteiger partial charge is 0.333 e. The molecule has 0 bridgehead atoms. The number of carbonyl (C=O) groups excluding carboxylic acids is 3. The lowest BCUT2D eigenvalue weighted by Crippen LogP contribution is -2.30. The highest BCUT2D eigenvalue weighted by molar-refractivity contribution is 6.13. The fourth-order valence-corrected chi connectivity index (χ4v) is 1.17. The Morgan fingerprint density at radius 2 is 2.25 bits per heavy atom. The first kappa shape index (κ1) is 12.0. The molecule has 0 aromatic heterocycles. The van der Waals surface area contributed by atoms with Gasteiger partial charge in [0.1, 0.15) is 5.70 Å². The Hall–Kier alpha value is -2.11. The summed E-state index contributed by atoms with van der Waals surface area (Å²) in [5, 5.41) is 2.28. The maximum atomic E-state index is 11.6. The van der Waals surface area contributed by atoms with Gasteiger partial charge in [-0.1, -0.05) is 6.08 Å². The minimum Gasteiger partial charge on any atom is -0.463 e. The van der Waals surface area contributed by atoms with Crippen LogP contribution in [0.15, 0.2) is 24.4 Å². The molecule has 0 aromatic rings. The Bertz CT molecular complexity index is 373. The van der Waals surface area contributed by atoms with Crippen LogP contribution in [0.5, 0.6) is 0 Å². The molecule has 16 heavy (non-hydrogen) atoms.